The number of amides is 2. The van der Waals surface area contributed by atoms with Gasteiger partial charge in [0.2, 0.25) is 0 Å². The number of carbonyl (C=O) groups is 2. The van der Waals surface area contributed by atoms with Crippen molar-refractivity contribution in [2.24, 2.45) is 5.92 Å². The lowest BCUT2D eigenvalue weighted by Gasteiger charge is -2.32. The number of aromatic nitrogens is 1. The third-order valence-electron chi connectivity index (χ3n) is 5.43. The van der Waals surface area contributed by atoms with E-state index < -0.39 is 16.9 Å². The Labute approximate surface area is 184 Å². The maximum atomic E-state index is 12.6. The van der Waals surface area contributed by atoms with Gasteiger partial charge in [-0.3, -0.25) is 10.1 Å². The quantitative estimate of drug-likeness (QED) is 0.410. The van der Waals surface area contributed by atoms with Gasteiger partial charge < -0.3 is 15.0 Å². The van der Waals surface area contributed by atoms with Crippen molar-refractivity contribution in [3.63, 3.8) is 0 Å². The number of methoxy groups -OCH3 is 1. The first kappa shape index (κ1) is 22.7. The molecule has 3 rings (SSSR count). The highest BCUT2D eigenvalue weighted by Crippen LogP contribution is 2.35. The summed E-state index contributed by atoms with van der Waals surface area (Å²) in [5, 5.41) is 16.8. The van der Waals surface area contributed by atoms with Crippen LogP contribution in [0, 0.1) is 16.0 Å². The number of likely N-dealkylation sites (tertiary alicyclic amines) is 1. The highest BCUT2D eigenvalue weighted by Gasteiger charge is 2.30. The molecule has 0 bridgehead atoms. The van der Waals surface area contributed by atoms with E-state index >= 15 is 0 Å². The van der Waals surface area contributed by atoms with Crippen LogP contribution in [0.25, 0.3) is 11.3 Å². The Balaban J connectivity index is 1.63. The fourth-order valence-corrected chi connectivity index (χ4v) is 4.62. The molecule has 9 nitrogen and oxygen atoms in total. The molecule has 31 heavy (non-hydrogen) atoms. The third-order valence-corrected chi connectivity index (χ3v) is 6.44. The van der Waals surface area contributed by atoms with Gasteiger partial charge in [0.05, 0.1) is 28.3 Å². The number of nitro groups is 1. The summed E-state index contributed by atoms with van der Waals surface area (Å²) >= 11 is 1.49. The molecule has 1 unspecified atom stereocenters. The van der Waals surface area contributed by atoms with Gasteiger partial charge in [-0.2, -0.15) is 0 Å². The van der Waals surface area contributed by atoms with E-state index in [1.165, 1.54) is 24.5 Å². The molecule has 10 heteroatoms. The molecule has 166 valence electrons. The molecule has 1 saturated heterocycles. The zero-order valence-corrected chi connectivity index (χ0v) is 18.6. The number of carbonyl (C=O) groups excluding carboxylic acids is 2. The van der Waals surface area contributed by atoms with Crippen molar-refractivity contribution in [2.75, 3.05) is 20.2 Å². The van der Waals surface area contributed by atoms with Crippen LogP contribution in [-0.2, 0) is 9.53 Å². The van der Waals surface area contributed by atoms with Crippen LogP contribution in [0.15, 0.2) is 29.6 Å². The third kappa shape index (κ3) is 5.19. The number of nitrogens with zero attached hydrogens (tertiary/aromatic N) is 3. The number of hydrogen-bond donors (Lipinski definition) is 1. The molecule has 2 amide bonds. The monoisotopic (exact) mass is 446 g/mol. The molecule has 1 fully saturated rings. The summed E-state index contributed by atoms with van der Waals surface area (Å²) in [5.74, 6) is -0.347. The van der Waals surface area contributed by atoms with E-state index in [0.29, 0.717) is 24.3 Å². The number of thiazole rings is 1. The van der Waals surface area contributed by atoms with Gasteiger partial charge in [0, 0.05) is 30.5 Å². The second-order valence-electron chi connectivity index (χ2n) is 7.80. The molecule has 1 aromatic carbocycles. The Morgan fingerprint density at radius 1 is 1.29 bits per heavy atom. The van der Waals surface area contributed by atoms with E-state index in [1.807, 2.05) is 19.2 Å². The van der Waals surface area contributed by atoms with E-state index in [-0.39, 0.29) is 23.6 Å². The number of benzene rings is 1. The maximum absolute atomic E-state index is 12.6. The normalized spacial score (nSPS) is 15.5. The van der Waals surface area contributed by atoms with Crippen LogP contribution in [-0.4, -0.2) is 53.0 Å². The lowest BCUT2D eigenvalue weighted by Crippen LogP contribution is -2.52. The lowest BCUT2D eigenvalue weighted by molar-refractivity contribution is -0.384. The van der Waals surface area contributed by atoms with Crippen molar-refractivity contribution < 1.29 is 19.2 Å². The predicted molar refractivity (Wildman–Crippen MR) is 117 cm³/mol. The van der Waals surface area contributed by atoms with E-state index in [1.54, 1.807) is 23.1 Å². The van der Waals surface area contributed by atoms with Crippen molar-refractivity contribution in [1.82, 2.24) is 15.2 Å². The second kappa shape index (κ2) is 9.86. The average Bonchev–Trinajstić information content (AvgIpc) is 3.26. The summed E-state index contributed by atoms with van der Waals surface area (Å²) < 4.78 is 4.78. The Morgan fingerprint density at radius 3 is 2.58 bits per heavy atom. The van der Waals surface area contributed by atoms with E-state index in [0.717, 1.165) is 17.8 Å². The number of urea groups is 1. The zero-order chi connectivity index (χ0) is 22.5. The van der Waals surface area contributed by atoms with Gasteiger partial charge in [0.1, 0.15) is 6.04 Å². The first-order valence-electron chi connectivity index (χ1n) is 10.1. The van der Waals surface area contributed by atoms with Crippen molar-refractivity contribution in [1.29, 1.82) is 0 Å². The molecule has 1 aliphatic rings. The van der Waals surface area contributed by atoms with E-state index in [9.17, 15) is 19.7 Å². The van der Waals surface area contributed by atoms with Crippen molar-refractivity contribution in [3.05, 3.63) is 44.8 Å². The highest BCUT2D eigenvalue weighted by atomic mass is 32.1. The highest BCUT2D eigenvalue weighted by molar-refractivity contribution is 7.10. The van der Waals surface area contributed by atoms with Gasteiger partial charge in [0.25, 0.3) is 5.69 Å². The van der Waals surface area contributed by atoms with Gasteiger partial charge in [0.15, 0.2) is 0 Å². The van der Waals surface area contributed by atoms with Crippen LogP contribution < -0.4 is 5.32 Å². The van der Waals surface area contributed by atoms with Crippen LogP contribution in [0.5, 0.6) is 0 Å². The summed E-state index contributed by atoms with van der Waals surface area (Å²) in [6.07, 6.45) is 1.48. The number of hydrogen-bond acceptors (Lipinski definition) is 7. The molecule has 0 spiro atoms. The van der Waals surface area contributed by atoms with Crippen LogP contribution in [0.1, 0.15) is 37.6 Å². The minimum Gasteiger partial charge on any atom is -0.467 e. The second-order valence-corrected chi connectivity index (χ2v) is 8.69. The number of esters is 1. The van der Waals surface area contributed by atoms with Gasteiger partial charge >= 0.3 is 12.0 Å². The zero-order valence-electron chi connectivity index (χ0n) is 17.7. The summed E-state index contributed by atoms with van der Waals surface area (Å²) in [6.45, 7) is 4.79. The summed E-state index contributed by atoms with van der Waals surface area (Å²) in [4.78, 5) is 41.7. The maximum Gasteiger partial charge on any atom is 0.328 e. The number of piperidine rings is 1. The molecular weight excluding hydrogens is 420 g/mol. The fourth-order valence-electron chi connectivity index (χ4n) is 3.63. The first-order valence-corrected chi connectivity index (χ1v) is 11.0. The minimum absolute atomic E-state index is 0.0381. The molecule has 1 N–H and O–H groups in total. The number of nitrogens with one attached hydrogen (secondary N) is 1. The van der Waals surface area contributed by atoms with E-state index in [2.05, 4.69) is 10.3 Å². The molecule has 2 aromatic rings. The van der Waals surface area contributed by atoms with Crippen molar-refractivity contribution in [2.45, 2.75) is 38.6 Å². The minimum atomic E-state index is -0.682. The van der Waals surface area contributed by atoms with Gasteiger partial charge in [-0.1, -0.05) is 26.0 Å². The van der Waals surface area contributed by atoms with Gasteiger partial charge in [-0.25, -0.2) is 14.6 Å². The molecule has 1 aliphatic heterocycles. The van der Waals surface area contributed by atoms with Crippen LogP contribution in [0.4, 0.5) is 10.5 Å². The molecule has 0 aliphatic carbocycles. The molecular formula is C21H26N4O5S. The molecule has 0 radical (unpaired) electrons. The first-order chi connectivity index (χ1) is 14.8. The number of rotatable bonds is 6. The van der Waals surface area contributed by atoms with Gasteiger partial charge in [-0.15, -0.1) is 11.3 Å². The largest absolute Gasteiger partial charge is 0.467 e. The molecule has 1 atom stereocenters. The predicted octanol–water partition coefficient (Wildman–Crippen LogP) is 3.80. The Hall–Kier alpha value is -3.01. The SMILES string of the molecule is COC(=O)C(NC(=O)N1CCC(c2nc(-c3ccccc3[N+](=O)[O-])cs2)CC1)C(C)C. The summed E-state index contributed by atoms with van der Waals surface area (Å²) in [5.41, 5.74) is 1.15. The standard InChI is InChI=1S/C21H26N4O5S/c1-13(2)18(20(26)30-3)23-21(27)24-10-8-14(9-11-24)19-22-16(12-31-19)15-6-4-5-7-17(15)25(28)29/h4-7,12-14,18H,8-11H2,1-3H3,(H,23,27). The summed E-state index contributed by atoms with van der Waals surface area (Å²) in [7, 11) is 1.31. The molecule has 2 heterocycles. The molecule has 0 saturated carbocycles. The van der Waals surface area contributed by atoms with Crippen molar-refractivity contribution in [3.8, 4) is 11.3 Å². The van der Waals surface area contributed by atoms with Crippen LogP contribution in [0.2, 0.25) is 0 Å². The van der Waals surface area contributed by atoms with E-state index in [4.69, 9.17) is 4.74 Å². The lowest BCUT2D eigenvalue weighted by atomic mass is 9.97. The Morgan fingerprint density at radius 2 is 1.97 bits per heavy atom. The smallest absolute Gasteiger partial charge is 0.328 e. The van der Waals surface area contributed by atoms with Gasteiger partial charge in [-0.05, 0) is 24.8 Å². The average molecular weight is 447 g/mol. The number of nitro benzene ring substituents is 1. The topological polar surface area (TPSA) is 115 Å². The Bertz CT molecular complexity index is 953. The Kier molecular flexibility index (Phi) is 7.21. The van der Waals surface area contributed by atoms with Crippen molar-refractivity contribution >= 4 is 29.0 Å². The summed E-state index contributed by atoms with van der Waals surface area (Å²) in [6, 6.07) is 5.62. The van der Waals surface area contributed by atoms with Crippen LogP contribution in [0.3, 0.4) is 0 Å². The molecule has 1 aromatic heterocycles. The number of para-hydroxylation sites is 1. The number of ether oxygens (including phenoxy) is 1. The fraction of sp³-hybridized carbons (Fsp3) is 0.476. The van der Waals surface area contributed by atoms with Crippen LogP contribution >= 0.6 is 11.3 Å².